The Bertz CT molecular complexity index is 1700. The smallest absolute Gasteiger partial charge is 0.318 e. The number of fused-ring (bicyclic) bond motifs is 1. The molecule has 2 N–H and O–H groups in total. The predicted octanol–water partition coefficient (Wildman–Crippen LogP) is 5.93. The number of rotatable bonds is 10. The maximum atomic E-state index is 15.4. The topological polar surface area (TPSA) is 128 Å². The molecule has 9 nitrogen and oxygen atoms in total. The number of nitrogens with zero attached hydrogens (tertiary/aromatic N) is 2. The first-order chi connectivity index (χ1) is 18.4. The molecule has 2 aromatic carbocycles. The number of carbonyl (C=O) groups excluding carboxylic acids is 1. The monoisotopic (exact) mass is 597 g/mol. The van der Waals surface area contributed by atoms with Crippen molar-refractivity contribution >= 4 is 52.4 Å². The molecule has 0 radical (unpaired) electrons. The number of halogens is 3. The first-order valence-electron chi connectivity index (χ1n) is 11.6. The first-order valence-corrected chi connectivity index (χ1v) is 14.9. The minimum absolute atomic E-state index is 0.146. The highest BCUT2D eigenvalue weighted by atomic mass is 35.5. The van der Waals surface area contributed by atoms with Gasteiger partial charge in [0.2, 0.25) is 15.8 Å². The lowest BCUT2D eigenvalue weighted by Crippen LogP contribution is -2.18. The normalized spacial score (nSPS) is 13.4. The molecule has 206 valence electrons. The molecule has 4 aromatic rings. The molecule has 0 saturated carbocycles. The molecule has 0 fully saturated rings. The van der Waals surface area contributed by atoms with Crippen LogP contribution in [0.25, 0.3) is 22.2 Å². The number of ketones is 1. The zero-order valence-corrected chi connectivity index (χ0v) is 23.2. The SMILES string of the molecule is CCCS(=O)(=O)Nc1ccc(F)c(C(=O)c2cn(C(C)O[PH](=O)O)c3ncc(-c4ccc(Cl)cc4)cc23)c1F. The van der Waals surface area contributed by atoms with Crippen LogP contribution in [0.1, 0.15) is 42.4 Å². The summed E-state index contributed by atoms with van der Waals surface area (Å²) in [6.07, 6.45) is 1.90. The second-order valence-electron chi connectivity index (χ2n) is 8.57. The quantitative estimate of drug-likeness (QED) is 0.171. The van der Waals surface area contributed by atoms with Gasteiger partial charge in [-0.05, 0) is 49.2 Å². The highest BCUT2D eigenvalue weighted by Gasteiger charge is 2.28. The molecule has 0 bridgehead atoms. The zero-order valence-electron chi connectivity index (χ0n) is 20.6. The summed E-state index contributed by atoms with van der Waals surface area (Å²) >= 11 is 5.97. The summed E-state index contributed by atoms with van der Waals surface area (Å²) in [5.74, 6) is -3.98. The maximum Gasteiger partial charge on any atom is 0.318 e. The summed E-state index contributed by atoms with van der Waals surface area (Å²) in [7, 11) is -7.32. The van der Waals surface area contributed by atoms with E-state index in [2.05, 4.69) is 4.98 Å². The van der Waals surface area contributed by atoms with Gasteiger partial charge < -0.3 is 9.46 Å². The fourth-order valence-electron chi connectivity index (χ4n) is 4.05. The lowest BCUT2D eigenvalue weighted by Gasteiger charge is -2.13. The zero-order chi connectivity index (χ0) is 28.5. The number of benzene rings is 2. The summed E-state index contributed by atoms with van der Waals surface area (Å²) in [5, 5.41) is 0.677. The Kier molecular flexibility index (Phi) is 8.53. The summed E-state index contributed by atoms with van der Waals surface area (Å²) in [5.41, 5.74) is -0.355. The van der Waals surface area contributed by atoms with Gasteiger partial charge in [-0.25, -0.2) is 22.2 Å². The molecule has 14 heteroatoms. The molecule has 2 aromatic heterocycles. The van der Waals surface area contributed by atoms with Gasteiger partial charge in [0.15, 0.2) is 5.82 Å². The molecule has 0 aliphatic heterocycles. The van der Waals surface area contributed by atoms with Gasteiger partial charge in [-0.2, -0.15) is 0 Å². The molecule has 39 heavy (non-hydrogen) atoms. The van der Waals surface area contributed by atoms with Crippen molar-refractivity contribution in [1.82, 2.24) is 9.55 Å². The molecule has 0 aliphatic rings. The molecule has 4 rings (SSSR count). The third-order valence-electron chi connectivity index (χ3n) is 5.81. The number of nitrogens with one attached hydrogen (secondary N) is 1. The number of carbonyl (C=O) groups is 1. The Morgan fingerprint density at radius 3 is 2.54 bits per heavy atom. The van der Waals surface area contributed by atoms with Crippen molar-refractivity contribution in [2.75, 3.05) is 10.5 Å². The van der Waals surface area contributed by atoms with Crippen molar-refractivity contribution in [3.8, 4) is 11.1 Å². The van der Waals surface area contributed by atoms with E-state index in [1.807, 2.05) is 4.72 Å². The second-order valence-corrected chi connectivity index (χ2v) is 11.6. The summed E-state index contributed by atoms with van der Waals surface area (Å²) in [6.45, 7) is 3.06. The van der Waals surface area contributed by atoms with E-state index in [0.29, 0.717) is 16.1 Å². The maximum absolute atomic E-state index is 15.4. The Labute approximate surface area is 228 Å². The van der Waals surface area contributed by atoms with Gasteiger partial charge in [0.25, 0.3) is 0 Å². The van der Waals surface area contributed by atoms with Crippen LogP contribution in [0.2, 0.25) is 5.02 Å². The summed E-state index contributed by atoms with van der Waals surface area (Å²) < 4.78 is 74.4. The highest BCUT2D eigenvalue weighted by Crippen LogP contribution is 2.34. The second kappa shape index (κ2) is 11.5. The van der Waals surface area contributed by atoms with Crippen LogP contribution in [0.5, 0.6) is 0 Å². The number of sulfonamides is 1. The first kappa shape index (κ1) is 28.8. The number of pyridine rings is 1. The molecule has 2 unspecified atom stereocenters. The number of hydrogen-bond acceptors (Lipinski definition) is 6. The van der Waals surface area contributed by atoms with Crippen LogP contribution < -0.4 is 4.72 Å². The van der Waals surface area contributed by atoms with Crippen molar-refractivity contribution in [3.05, 3.63) is 82.6 Å². The molecule has 2 atom stereocenters. The third-order valence-corrected chi connectivity index (χ3v) is 8.08. The average Bonchev–Trinajstić information content (AvgIpc) is 3.25. The van der Waals surface area contributed by atoms with Gasteiger partial charge in [0.05, 0.1) is 22.6 Å². The van der Waals surface area contributed by atoms with Crippen molar-refractivity contribution < 1.29 is 36.0 Å². The van der Waals surface area contributed by atoms with E-state index in [-0.39, 0.29) is 28.8 Å². The largest absolute Gasteiger partial charge is 0.326 e. The lowest BCUT2D eigenvalue weighted by molar-refractivity contribution is 0.103. The number of hydrogen-bond donors (Lipinski definition) is 2. The molecular weight excluding hydrogens is 575 g/mol. The van der Waals surface area contributed by atoms with Crippen LogP contribution in [0.4, 0.5) is 14.5 Å². The van der Waals surface area contributed by atoms with E-state index in [9.17, 15) is 27.1 Å². The minimum Gasteiger partial charge on any atom is -0.326 e. The summed E-state index contributed by atoms with van der Waals surface area (Å²) in [4.78, 5) is 27.3. The van der Waals surface area contributed by atoms with Crippen molar-refractivity contribution in [2.24, 2.45) is 0 Å². The van der Waals surface area contributed by atoms with E-state index in [4.69, 9.17) is 16.1 Å². The highest BCUT2D eigenvalue weighted by molar-refractivity contribution is 7.92. The fourth-order valence-corrected chi connectivity index (χ4v) is 5.72. The molecule has 0 amide bonds. The molecule has 0 spiro atoms. The van der Waals surface area contributed by atoms with Crippen LogP contribution in [0.3, 0.4) is 0 Å². The predicted molar refractivity (Wildman–Crippen MR) is 145 cm³/mol. The molecular formula is C25H23ClF2N3O6PS. The van der Waals surface area contributed by atoms with Crippen molar-refractivity contribution in [3.63, 3.8) is 0 Å². The summed E-state index contributed by atoms with van der Waals surface area (Å²) in [6, 6.07) is 10.0. The Morgan fingerprint density at radius 2 is 1.90 bits per heavy atom. The Balaban J connectivity index is 1.89. The van der Waals surface area contributed by atoms with Crippen LogP contribution in [-0.4, -0.2) is 34.4 Å². The van der Waals surface area contributed by atoms with Gasteiger partial charge in [-0.15, -0.1) is 0 Å². The molecule has 0 aliphatic carbocycles. The Hall–Kier alpha value is -3.15. The standard InChI is InChI=1S/C25H23ClF2N3O6PS/c1-3-10-39(35,36)30-21-9-8-20(27)22(23(21)28)24(32)19-13-31(14(2)37-38(33)34)25-18(19)11-16(12-29-25)15-4-6-17(26)7-5-15/h4-9,11-14,30,38H,3,10H2,1-2H3,(H,33,34). The molecule has 0 saturated heterocycles. The van der Waals surface area contributed by atoms with Crippen LogP contribution >= 0.6 is 19.9 Å². The van der Waals surface area contributed by atoms with E-state index >= 15 is 4.39 Å². The van der Waals surface area contributed by atoms with E-state index < -0.39 is 53.2 Å². The minimum atomic E-state index is -3.93. The van der Waals surface area contributed by atoms with Crippen LogP contribution in [-0.2, 0) is 19.1 Å². The molecule has 2 heterocycles. The van der Waals surface area contributed by atoms with Crippen LogP contribution in [0.15, 0.2) is 54.9 Å². The number of anilines is 1. The number of aromatic nitrogens is 2. The Morgan fingerprint density at radius 1 is 1.21 bits per heavy atom. The third kappa shape index (κ3) is 6.21. The lowest BCUT2D eigenvalue weighted by atomic mass is 10.00. The van der Waals surface area contributed by atoms with Crippen molar-refractivity contribution in [1.29, 1.82) is 0 Å². The van der Waals surface area contributed by atoms with Gasteiger partial charge in [0, 0.05) is 28.4 Å². The fraction of sp³-hybridized carbons (Fsp3) is 0.200. The average molecular weight is 598 g/mol. The van der Waals surface area contributed by atoms with Gasteiger partial charge in [-0.1, -0.05) is 30.7 Å². The van der Waals surface area contributed by atoms with Gasteiger partial charge in [-0.3, -0.25) is 18.6 Å². The van der Waals surface area contributed by atoms with Crippen molar-refractivity contribution in [2.45, 2.75) is 26.5 Å². The van der Waals surface area contributed by atoms with E-state index in [1.54, 1.807) is 37.3 Å². The van der Waals surface area contributed by atoms with Gasteiger partial charge in [0.1, 0.15) is 17.7 Å². The van der Waals surface area contributed by atoms with Crippen LogP contribution in [0, 0.1) is 11.6 Å². The van der Waals surface area contributed by atoms with E-state index in [0.717, 1.165) is 12.1 Å². The van der Waals surface area contributed by atoms with Gasteiger partial charge >= 0.3 is 8.25 Å². The van der Waals surface area contributed by atoms with E-state index in [1.165, 1.54) is 23.9 Å².